The van der Waals surface area contributed by atoms with E-state index in [2.05, 4.69) is 19.2 Å². The summed E-state index contributed by atoms with van der Waals surface area (Å²) in [6, 6.07) is 0. The van der Waals surface area contributed by atoms with Gasteiger partial charge in [-0.3, -0.25) is 0 Å². The lowest BCUT2D eigenvalue weighted by Gasteiger charge is -2.36. The number of morpholine rings is 1. The van der Waals surface area contributed by atoms with Crippen LogP contribution >= 0.6 is 0 Å². The highest BCUT2D eigenvalue weighted by Gasteiger charge is 2.28. The molecule has 0 spiro atoms. The Morgan fingerprint density at radius 2 is 1.94 bits per heavy atom. The van der Waals surface area contributed by atoms with Crippen LogP contribution in [0.3, 0.4) is 0 Å². The van der Waals surface area contributed by atoms with Gasteiger partial charge in [0, 0.05) is 19.7 Å². The monoisotopic (exact) mass is 241 g/mol. The largest absolute Gasteiger partial charge is 0.378 e. The third-order valence-electron chi connectivity index (χ3n) is 3.79. The first-order chi connectivity index (χ1) is 8.16. The molecule has 2 fully saturated rings. The molecule has 0 radical (unpaired) electrons. The molecule has 3 heteroatoms. The lowest BCUT2D eigenvalue weighted by atomic mass is 9.90. The first-order valence-corrected chi connectivity index (χ1v) is 7.12. The second-order valence-corrected chi connectivity index (χ2v) is 6.17. The third kappa shape index (κ3) is 4.57. The van der Waals surface area contributed by atoms with Gasteiger partial charge in [0.15, 0.2) is 0 Å². The minimum absolute atomic E-state index is 0.0445. The van der Waals surface area contributed by atoms with Crippen molar-refractivity contribution in [2.75, 3.05) is 26.3 Å². The zero-order valence-electron chi connectivity index (χ0n) is 11.3. The van der Waals surface area contributed by atoms with E-state index in [9.17, 15) is 0 Å². The molecule has 1 aliphatic heterocycles. The van der Waals surface area contributed by atoms with Gasteiger partial charge in [-0.15, -0.1) is 0 Å². The SMILES string of the molecule is CC1(C)CNCC(COCC2CCCCC2)O1. The van der Waals surface area contributed by atoms with Crippen LogP contribution in [0.25, 0.3) is 0 Å². The van der Waals surface area contributed by atoms with E-state index in [4.69, 9.17) is 9.47 Å². The van der Waals surface area contributed by atoms with Crippen molar-refractivity contribution >= 4 is 0 Å². The van der Waals surface area contributed by atoms with E-state index in [1.54, 1.807) is 0 Å². The predicted octanol–water partition coefficient (Wildman–Crippen LogP) is 2.35. The summed E-state index contributed by atoms with van der Waals surface area (Å²) in [5.41, 5.74) is -0.0445. The van der Waals surface area contributed by atoms with E-state index in [-0.39, 0.29) is 11.7 Å². The highest BCUT2D eigenvalue weighted by molar-refractivity contribution is 4.81. The van der Waals surface area contributed by atoms with Crippen LogP contribution < -0.4 is 5.32 Å². The number of rotatable bonds is 4. The Kier molecular flexibility index (Phi) is 4.83. The summed E-state index contributed by atoms with van der Waals surface area (Å²) < 4.78 is 11.8. The topological polar surface area (TPSA) is 30.5 Å². The second-order valence-electron chi connectivity index (χ2n) is 6.17. The Morgan fingerprint density at radius 3 is 2.65 bits per heavy atom. The molecule has 0 aromatic carbocycles. The van der Waals surface area contributed by atoms with E-state index < -0.39 is 0 Å². The van der Waals surface area contributed by atoms with Crippen molar-refractivity contribution in [1.82, 2.24) is 5.32 Å². The maximum atomic E-state index is 5.98. The average molecular weight is 241 g/mol. The van der Waals surface area contributed by atoms with Crippen LogP contribution in [0.2, 0.25) is 0 Å². The molecule has 0 aromatic rings. The Balaban J connectivity index is 1.61. The molecule has 0 bridgehead atoms. The summed E-state index contributed by atoms with van der Waals surface area (Å²) in [5, 5.41) is 3.41. The second kappa shape index (κ2) is 6.17. The summed E-state index contributed by atoms with van der Waals surface area (Å²) in [4.78, 5) is 0. The Morgan fingerprint density at radius 1 is 1.18 bits per heavy atom. The van der Waals surface area contributed by atoms with Crippen molar-refractivity contribution in [2.45, 2.75) is 57.7 Å². The number of nitrogens with one attached hydrogen (secondary N) is 1. The van der Waals surface area contributed by atoms with Crippen LogP contribution in [0, 0.1) is 5.92 Å². The lowest BCUT2D eigenvalue weighted by Crippen LogP contribution is -2.52. The van der Waals surface area contributed by atoms with E-state index in [0.29, 0.717) is 0 Å². The maximum Gasteiger partial charge on any atom is 0.0940 e. The lowest BCUT2D eigenvalue weighted by molar-refractivity contribution is -0.123. The number of ether oxygens (including phenoxy) is 2. The summed E-state index contributed by atoms with van der Waals surface area (Å²) in [6.07, 6.45) is 7.14. The van der Waals surface area contributed by atoms with Crippen molar-refractivity contribution in [3.8, 4) is 0 Å². The molecule has 1 unspecified atom stereocenters. The zero-order chi connectivity index (χ0) is 12.1. The summed E-state index contributed by atoms with van der Waals surface area (Å²) >= 11 is 0. The Bertz CT molecular complexity index is 224. The van der Waals surface area contributed by atoms with Gasteiger partial charge in [0.25, 0.3) is 0 Å². The molecule has 2 rings (SSSR count). The van der Waals surface area contributed by atoms with Gasteiger partial charge in [0.1, 0.15) is 0 Å². The van der Waals surface area contributed by atoms with Crippen LogP contribution in [0.15, 0.2) is 0 Å². The van der Waals surface area contributed by atoms with Gasteiger partial charge in [-0.05, 0) is 32.6 Å². The standard InChI is InChI=1S/C14H27NO2/c1-14(2)11-15-8-13(17-14)10-16-9-12-6-4-3-5-7-12/h12-13,15H,3-11H2,1-2H3. The minimum atomic E-state index is -0.0445. The van der Waals surface area contributed by atoms with Crippen LogP contribution in [0.5, 0.6) is 0 Å². The molecule has 2 aliphatic rings. The van der Waals surface area contributed by atoms with Gasteiger partial charge >= 0.3 is 0 Å². The molecule has 17 heavy (non-hydrogen) atoms. The highest BCUT2D eigenvalue weighted by atomic mass is 16.5. The van der Waals surface area contributed by atoms with E-state index in [1.807, 2.05) is 0 Å². The minimum Gasteiger partial charge on any atom is -0.378 e. The first kappa shape index (κ1) is 13.3. The molecular formula is C14H27NO2. The van der Waals surface area contributed by atoms with Crippen molar-refractivity contribution < 1.29 is 9.47 Å². The van der Waals surface area contributed by atoms with Gasteiger partial charge in [0.05, 0.1) is 18.3 Å². The molecule has 0 amide bonds. The molecule has 1 atom stereocenters. The van der Waals surface area contributed by atoms with Gasteiger partial charge in [-0.25, -0.2) is 0 Å². The van der Waals surface area contributed by atoms with Gasteiger partial charge in [0.2, 0.25) is 0 Å². The highest BCUT2D eigenvalue weighted by Crippen LogP contribution is 2.24. The molecule has 0 aromatic heterocycles. The Hall–Kier alpha value is -0.120. The predicted molar refractivity (Wildman–Crippen MR) is 69.2 cm³/mol. The summed E-state index contributed by atoms with van der Waals surface area (Å²) in [7, 11) is 0. The van der Waals surface area contributed by atoms with Crippen molar-refractivity contribution in [3.05, 3.63) is 0 Å². The van der Waals surface area contributed by atoms with Crippen molar-refractivity contribution in [1.29, 1.82) is 0 Å². The maximum absolute atomic E-state index is 5.98. The molecule has 1 aliphatic carbocycles. The van der Waals surface area contributed by atoms with Crippen LogP contribution in [0.1, 0.15) is 46.0 Å². The summed E-state index contributed by atoms with van der Waals surface area (Å²) in [6.45, 7) is 7.80. The molecule has 1 N–H and O–H groups in total. The van der Waals surface area contributed by atoms with Crippen LogP contribution in [-0.2, 0) is 9.47 Å². The molecule has 1 saturated heterocycles. The van der Waals surface area contributed by atoms with Crippen molar-refractivity contribution in [3.63, 3.8) is 0 Å². The fourth-order valence-electron chi connectivity index (χ4n) is 2.88. The molecule has 1 heterocycles. The molecule has 1 saturated carbocycles. The van der Waals surface area contributed by atoms with Gasteiger partial charge < -0.3 is 14.8 Å². The zero-order valence-corrected chi connectivity index (χ0v) is 11.3. The van der Waals surface area contributed by atoms with Crippen LogP contribution in [0.4, 0.5) is 0 Å². The van der Waals surface area contributed by atoms with Gasteiger partial charge in [-0.2, -0.15) is 0 Å². The van der Waals surface area contributed by atoms with Crippen molar-refractivity contribution in [2.24, 2.45) is 5.92 Å². The summed E-state index contributed by atoms with van der Waals surface area (Å²) in [5.74, 6) is 0.799. The van der Waals surface area contributed by atoms with Gasteiger partial charge in [-0.1, -0.05) is 19.3 Å². The normalized spacial score (nSPS) is 30.4. The first-order valence-electron chi connectivity index (χ1n) is 7.12. The average Bonchev–Trinajstić information content (AvgIpc) is 2.29. The van der Waals surface area contributed by atoms with E-state index in [0.717, 1.165) is 32.2 Å². The van der Waals surface area contributed by atoms with E-state index >= 15 is 0 Å². The number of hydrogen-bond acceptors (Lipinski definition) is 3. The molecular weight excluding hydrogens is 214 g/mol. The molecule has 3 nitrogen and oxygen atoms in total. The fraction of sp³-hybridized carbons (Fsp3) is 1.00. The molecule has 100 valence electrons. The number of hydrogen-bond donors (Lipinski definition) is 1. The fourth-order valence-corrected chi connectivity index (χ4v) is 2.88. The van der Waals surface area contributed by atoms with Crippen LogP contribution in [-0.4, -0.2) is 38.0 Å². The van der Waals surface area contributed by atoms with E-state index in [1.165, 1.54) is 32.1 Å². The third-order valence-corrected chi connectivity index (χ3v) is 3.79. The quantitative estimate of drug-likeness (QED) is 0.819. The Labute approximate surface area is 105 Å². The smallest absolute Gasteiger partial charge is 0.0940 e.